The van der Waals surface area contributed by atoms with Gasteiger partial charge in [-0.3, -0.25) is 0 Å². The van der Waals surface area contributed by atoms with Crippen LogP contribution < -0.4 is 0 Å². The quantitative estimate of drug-likeness (QED) is 0.417. The van der Waals surface area contributed by atoms with E-state index in [1.54, 1.807) is 11.3 Å². The third kappa shape index (κ3) is 5.54. The van der Waals surface area contributed by atoms with E-state index in [4.69, 9.17) is 12.8 Å². The highest BCUT2D eigenvalue weighted by Gasteiger charge is 2.07. The molecule has 1 aromatic heterocycles. The monoisotopic (exact) mass is 272 g/mol. The number of terminal acetylenes is 2. The van der Waals surface area contributed by atoms with Crippen LogP contribution in [0.15, 0.2) is 5.38 Å². The third-order valence-corrected chi connectivity index (χ3v) is 4.41. The molecule has 0 aliphatic carbocycles. The van der Waals surface area contributed by atoms with Crippen LogP contribution in [0.3, 0.4) is 0 Å². The summed E-state index contributed by atoms with van der Waals surface area (Å²) in [6, 6.07) is 0. The van der Waals surface area contributed by atoms with Crippen LogP contribution in [0.4, 0.5) is 0 Å². The van der Waals surface area contributed by atoms with Gasteiger partial charge in [0.2, 0.25) is 0 Å². The normalized spacial score (nSPS) is 10.1. The minimum absolute atomic E-state index is 1.00. The molecule has 0 saturated carbocycles. The van der Waals surface area contributed by atoms with Crippen LogP contribution in [0.1, 0.15) is 74.3 Å². The Labute approximate surface area is 122 Å². The number of rotatable bonds is 9. The van der Waals surface area contributed by atoms with E-state index in [9.17, 15) is 0 Å². The largest absolute Gasteiger partial charge is 0.134 e. The van der Waals surface area contributed by atoms with E-state index in [1.807, 2.05) is 5.38 Å². The smallest absolute Gasteiger partial charge is 0.0810 e. The van der Waals surface area contributed by atoms with Gasteiger partial charge in [-0.25, -0.2) is 0 Å². The van der Waals surface area contributed by atoms with Gasteiger partial charge in [-0.1, -0.05) is 63.7 Å². The molecule has 0 saturated heterocycles. The number of hydrogen-bond donors (Lipinski definition) is 0. The Hall–Kier alpha value is -1.18. The van der Waals surface area contributed by atoms with Gasteiger partial charge < -0.3 is 0 Å². The highest BCUT2D eigenvalue weighted by atomic mass is 32.1. The van der Waals surface area contributed by atoms with Crippen LogP contribution in [0, 0.1) is 24.7 Å². The highest BCUT2D eigenvalue weighted by molar-refractivity contribution is 7.10. The molecule has 102 valence electrons. The molecule has 0 aliphatic heterocycles. The van der Waals surface area contributed by atoms with Gasteiger partial charge in [0.1, 0.15) is 0 Å². The lowest BCUT2D eigenvalue weighted by Gasteiger charge is -2.03. The molecule has 0 bridgehead atoms. The Morgan fingerprint density at radius 1 is 0.947 bits per heavy atom. The maximum Gasteiger partial charge on any atom is 0.0810 e. The maximum absolute atomic E-state index is 5.51. The van der Waals surface area contributed by atoms with Crippen molar-refractivity contribution in [2.24, 2.45) is 0 Å². The van der Waals surface area contributed by atoms with Gasteiger partial charge in [0.25, 0.3) is 0 Å². The molecule has 0 spiro atoms. The van der Waals surface area contributed by atoms with Crippen LogP contribution in [-0.4, -0.2) is 0 Å². The summed E-state index contributed by atoms with van der Waals surface area (Å²) in [4.78, 5) is 1.02. The number of unbranched alkanes of at least 4 members (excludes halogenated alkanes) is 7. The first-order valence-corrected chi connectivity index (χ1v) is 8.25. The zero-order valence-corrected chi connectivity index (χ0v) is 12.8. The molecule has 0 unspecified atom stereocenters. The van der Waals surface area contributed by atoms with Gasteiger partial charge in [-0.15, -0.1) is 24.2 Å². The molecule has 0 aliphatic rings. The van der Waals surface area contributed by atoms with Gasteiger partial charge in [0.15, 0.2) is 0 Å². The molecule has 1 heteroatoms. The van der Waals surface area contributed by atoms with E-state index in [0.29, 0.717) is 0 Å². The van der Waals surface area contributed by atoms with E-state index in [2.05, 4.69) is 18.8 Å². The number of thiophene rings is 1. The Balaban J connectivity index is 2.21. The minimum atomic E-state index is 1.00. The second kappa shape index (κ2) is 9.71. The lowest BCUT2D eigenvalue weighted by Crippen LogP contribution is -1.90. The molecular formula is C18H24S. The average molecular weight is 272 g/mol. The summed E-state index contributed by atoms with van der Waals surface area (Å²) in [5, 5.41) is 2.01. The van der Waals surface area contributed by atoms with E-state index in [-0.39, 0.29) is 0 Å². The summed E-state index contributed by atoms with van der Waals surface area (Å²) in [5.41, 5.74) is 2.22. The Morgan fingerprint density at radius 2 is 1.58 bits per heavy atom. The van der Waals surface area contributed by atoms with Gasteiger partial charge in [-0.2, -0.15) is 0 Å². The summed E-state index contributed by atoms with van der Waals surface area (Å²) in [7, 11) is 0. The minimum Gasteiger partial charge on any atom is -0.134 e. The second-order valence-corrected chi connectivity index (χ2v) is 5.85. The van der Waals surface area contributed by atoms with Crippen LogP contribution >= 0.6 is 11.3 Å². The summed E-state index contributed by atoms with van der Waals surface area (Å²) in [5.74, 6) is 5.49. The van der Waals surface area contributed by atoms with Crippen molar-refractivity contribution < 1.29 is 0 Å². The third-order valence-electron chi connectivity index (χ3n) is 3.46. The van der Waals surface area contributed by atoms with Gasteiger partial charge >= 0.3 is 0 Å². The lowest BCUT2D eigenvalue weighted by molar-refractivity contribution is 0.575. The first kappa shape index (κ1) is 15.9. The first-order valence-electron chi connectivity index (χ1n) is 7.37. The van der Waals surface area contributed by atoms with Gasteiger partial charge in [0, 0.05) is 10.9 Å². The zero-order chi connectivity index (χ0) is 13.9. The van der Waals surface area contributed by atoms with Crippen molar-refractivity contribution in [3.63, 3.8) is 0 Å². The summed E-state index contributed by atoms with van der Waals surface area (Å²) in [6.07, 6.45) is 22.7. The highest BCUT2D eigenvalue weighted by Crippen LogP contribution is 2.23. The fourth-order valence-electron chi connectivity index (χ4n) is 2.31. The van der Waals surface area contributed by atoms with Crippen molar-refractivity contribution in [1.82, 2.24) is 0 Å². The van der Waals surface area contributed by atoms with Crippen LogP contribution in [0.2, 0.25) is 0 Å². The van der Waals surface area contributed by atoms with Crippen molar-refractivity contribution >= 4 is 11.3 Å². The molecular weight excluding hydrogens is 248 g/mol. The number of hydrogen-bond acceptors (Lipinski definition) is 1. The maximum atomic E-state index is 5.51. The Morgan fingerprint density at radius 3 is 2.16 bits per heavy atom. The van der Waals surface area contributed by atoms with E-state index < -0.39 is 0 Å². The van der Waals surface area contributed by atoms with E-state index in [0.717, 1.165) is 16.9 Å². The van der Waals surface area contributed by atoms with Crippen molar-refractivity contribution in [2.45, 2.75) is 64.7 Å². The molecule has 0 atom stereocenters. The lowest BCUT2D eigenvalue weighted by atomic mass is 10.0. The van der Waals surface area contributed by atoms with Crippen molar-refractivity contribution in [3.05, 3.63) is 21.4 Å². The van der Waals surface area contributed by atoms with Crippen LogP contribution in [0.5, 0.6) is 0 Å². The van der Waals surface area contributed by atoms with Gasteiger partial charge in [-0.05, 0) is 18.4 Å². The molecule has 19 heavy (non-hydrogen) atoms. The molecule has 1 heterocycles. The first-order chi connectivity index (χ1) is 9.33. The molecule has 0 nitrogen and oxygen atoms in total. The van der Waals surface area contributed by atoms with Crippen molar-refractivity contribution in [2.75, 3.05) is 0 Å². The SMILES string of the molecule is C#Cc1csc(C#C)c1CCCCCCCCCC. The summed E-state index contributed by atoms with van der Waals surface area (Å²) in [6.45, 7) is 2.26. The molecule has 0 radical (unpaired) electrons. The Bertz CT molecular complexity index is 408. The fourth-order valence-corrected chi connectivity index (χ4v) is 3.18. The van der Waals surface area contributed by atoms with Crippen molar-refractivity contribution in [3.8, 4) is 24.7 Å². The molecule has 1 aromatic rings. The summed E-state index contributed by atoms with van der Waals surface area (Å²) < 4.78 is 0. The fraction of sp³-hybridized carbons (Fsp3) is 0.556. The predicted molar refractivity (Wildman–Crippen MR) is 86.5 cm³/mol. The van der Waals surface area contributed by atoms with Crippen LogP contribution in [0.25, 0.3) is 0 Å². The Kier molecular flexibility index (Phi) is 8.11. The molecule has 0 amide bonds. The molecule has 0 aromatic carbocycles. The molecule has 0 fully saturated rings. The van der Waals surface area contributed by atoms with E-state index in [1.165, 1.54) is 56.9 Å². The van der Waals surface area contributed by atoms with Crippen molar-refractivity contribution in [1.29, 1.82) is 0 Å². The topological polar surface area (TPSA) is 0 Å². The average Bonchev–Trinajstić information content (AvgIpc) is 2.83. The molecule has 1 rings (SSSR count). The van der Waals surface area contributed by atoms with E-state index >= 15 is 0 Å². The predicted octanol–water partition coefficient (Wildman–Crippen LogP) is 5.39. The van der Waals surface area contributed by atoms with Crippen LogP contribution in [-0.2, 0) is 6.42 Å². The molecule has 0 N–H and O–H groups in total. The van der Waals surface area contributed by atoms with Gasteiger partial charge in [0.05, 0.1) is 4.88 Å². The zero-order valence-electron chi connectivity index (χ0n) is 12.0. The standard InChI is InChI=1S/C18H24S/c1-4-7-8-9-10-11-12-13-14-17-16(5-2)15-19-18(17)6-3/h2-3,15H,4,7-14H2,1H3. The summed E-state index contributed by atoms with van der Waals surface area (Å²) >= 11 is 1.60. The second-order valence-electron chi connectivity index (χ2n) is 4.97.